The van der Waals surface area contributed by atoms with E-state index in [2.05, 4.69) is 16.6 Å². The summed E-state index contributed by atoms with van der Waals surface area (Å²) in [6.45, 7) is 2.51. The summed E-state index contributed by atoms with van der Waals surface area (Å²) in [5.41, 5.74) is -0.499. The Morgan fingerprint density at radius 1 is 1.59 bits per heavy atom. The molecule has 1 fully saturated rings. The summed E-state index contributed by atoms with van der Waals surface area (Å²) in [7, 11) is -3.58. The maximum Gasteiger partial charge on any atom is 0.266 e. The highest BCUT2D eigenvalue weighted by Gasteiger charge is 2.33. The van der Waals surface area contributed by atoms with Gasteiger partial charge in [-0.05, 0) is 24.3 Å². The fourth-order valence-electron chi connectivity index (χ4n) is 1.58. The molecule has 0 saturated heterocycles. The van der Waals surface area contributed by atoms with Crippen molar-refractivity contribution in [2.45, 2.75) is 18.2 Å². The van der Waals surface area contributed by atoms with Crippen molar-refractivity contribution in [1.82, 2.24) is 9.71 Å². The SMILES string of the molecule is CC1CC1CNS(=O)(=O)c1c[nH]c(=O)c(Cl)c1. The Bertz CT molecular complexity index is 581. The first-order valence-corrected chi connectivity index (χ1v) is 7.14. The van der Waals surface area contributed by atoms with Gasteiger partial charge in [0, 0.05) is 12.7 Å². The van der Waals surface area contributed by atoms with Crippen molar-refractivity contribution in [3.8, 4) is 0 Å². The predicted octanol–water partition coefficient (Wildman–Crippen LogP) is 0.963. The molecule has 2 rings (SSSR count). The number of hydrogen-bond acceptors (Lipinski definition) is 3. The summed E-state index contributed by atoms with van der Waals surface area (Å²) in [5.74, 6) is 1.000. The number of pyridine rings is 1. The van der Waals surface area contributed by atoms with Crippen molar-refractivity contribution >= 4 is 21.6 Å². The van der Waals surface area contributed by atoms with Gasteiger partial charge in [0.2, 0.25) is 10.0 Å². The minimum absolute atomic E-state index is 0.0181. The number of hydrogen-bond donors (Lipinski definition) is 2. The van der Waals surface area contributed by atoms with E-state index < -0.39 is 15.6 Å². The van der Waals surface area contributed by atoms with Gasteiger partial charge in [0.25, 0.3) is 5.56 Å². The number of aromatic amines is 1. The third-order valence-corrected chi connectivity index (χ3v) is 4.64. The molecule has 1 aromatic rings. The first-order valence-electron chi connectivity index (χ1n) is 5.28. The van der Waals surface area contributed by atoms with Crippen LogP contribution in [0.3, 0.4) is 0 Å². The number of rotatable bonds is 4. The van der Waals surface area contributed by atoms with Crippen LogP contribution in [0.15, 0.2) is 22.0 Å². The Hall–Kier alpha value is -0.850. The van der Waals surface area contributed by atoms with Gasteiger partial charge in [0.1, 0.15) is 5.02 Å². The normalized spacial score (nSPS) is 23.6. The average molecular weight is 277 g/mol. The number of halogens is 1. The van der Waals surface area contributed by atoms with Crippen molar-refractivity contribution in [2.75, 3.05) is 6.54 Å². The maximum atomic E-state index is 11.8. The van der Waals surface area contributed by atoms with Gasteiger partial charge in [-0.1, -0.05) is 18.5 Å². The van der Waals surface area contributed by atoms with Crippen LogP contribution in [0.4, 0.5) is 0 Å². The minimum Gasteiger partial charge on any atom is -0.326 e. The molecule has 0 bridgehead atoms. The Balaban J connectivity index is 2.13. The molecule has 0 spiro atoms. The van der Waals surface area contributed by atoms with Crippen molar-refractivity contribution in [3.05, 3.63) is 27.6 Å². The fraction of sp³-hybridized carbons (Fsp3) is 0.500. The molecular formula is C10H13ClN2O3S. The minimum atomic E-state index is -3.58. The fourth-order valence-corrected chi connectivity index (χ4v) is 2.90. The van der Waals surface area contributed by atoms with E-state index in [0.29, 0.717) is 18.4 Å². The Labute approximate surface area is 104 Å². The zero-order valence-electron chi connectivity index (χ0n) is 9.23. The average Bonchev–Trinajstić information content (AvgIpc) is 2.96. The van der Waals surface area contributed by atoms with Crippen LogP contribution in [0.1, 0.15) is 13.3 Å². The monoisotopic (exact) mass is 276 g/mol. The molecule has 2 unspecified atom stereocenters. The molecule has 0 amide bonds. The number of aromatic nitrogens is 1. The van der Waals surface area contributed by atoms with Crippen LogP contribution in [0.5, 0.6) is 0 Å². The lowest BCUT2D eigenvalue weighted by Gasteiger charge is -2.05. The van der Waals surface area contributed by atoms with Crippen LogP contribution in [-0.4, -0.2) is 19.9 Å². The van der Waals surface area contributed by atoms with Crippen LogP contribution in [0.25, 0.3) is 0 Å². The lowest BCUT2D eigenvalue weighted by Crippen LogP contribution is -2.27. The van der Waals surface area contributed by atoms with Crippen molar-refractivity contribution < 1.29 is 8.42 Å². The van der Waals surface area contributed by atoms with Gasteiger partial charge in [-0.15, -0.1) is 0 Å². The van der Waals surface area contributed by atoms with Crippen LogP contribution < -0.4 is 10.3 Å². The Morgan fingerprint density at radius 2 is 2.24 bits per heavy atom. The predicted molar refractivity (Wildman–Crippen MR) is 64.5 cm³/mol. The highest BCUT2D eigenvalue weighted by atomic mass is 35.5. The first kappa shape index (κ1) is 12.6. The molecule has 1 aromatic heterocycles. The first-order chi connectivity index (χ1) is 7.90. The lowest BCUT2D eigenvalue weighted by atomic mass is 10.3. The van der Waals surface area contributed by atoms with E-state index in [9.17, 15) is 13.2 Å². The largest absolute Gasteiger partial charge is 0.326 e. The van der Waals surface area contributed by atoms with Gasteiger partial charge in [0.15, 0.2) is 0 Å². The van der Waals surface area contributed by atoms with Gasteiger partial charge in [-0.3, -0.25) is 4.79 Å². The summed E-state index contributed by atoms with van der Waals surface area (Å²) in [5, 5.41) is -0.132. The molecule has 1 heterocycles. The number of H-pyrrole nitrogens is 1. The van der Waals surface area contributed by atoms with Crippen LogP contribution >= 0.6 is 11.6 Å². The summed E-state index contributed by atoms with van der Waals surface area (Å²) >= 11 is 5.58. The molecule has 94 valence electrons. The molecule has 0 aromatic carbocycles. The Morgan fingerprint density at radius 3 is 2.76 bits per heavy atom. The number of sulfonamides is 1. The molecule has 17 heavy (non-hydrogen) atoms. The zero-order valence-corrected chi connectivity index (χ0v) is 10.8. The third-order valence-electron chi connectivity index (χ3n) is 2.95. The Kier molecular flexibility index (Phi) is 3.29. The van der Waals surface area contributed by atoms with E-state index in [1.54, 1.807) is 0 Å². The molecule has 1 aliphatic rings. The summed E-state index contributed by atoms with van der Waals surface area (Å²) in [6, 6.07) is 1.15. The molecule has 1 saturated carbocycles. The molecule has 7 heteroatoms. The highest BCUT2D eigenvalue weighted by Crippen LogP contribution is 2.37. The zero-order chi connectivity index (χ0) is 12.6. The second kappa shape index (κ2) is 4.44. The summed E-state index contributed by atoms with van der Waals surface area (Å²) < 4.78 is 26.2. The van der Waals surface area contributed by atoms with E-state index in [1.807, 2.05) is 0 Å². The standard InChI is InChI=1S/C10H13ClN2O3S/c1-6-2-7(6)4-13-17(15,16)8-3-9(11)10(14)12-5-8/h3,5-7,13H,2,4H2,1H3,(H,12,14). The van der Waals surface area contributed by atoms with Crippen molar-refractivity contribution in [3.63, 3.8) is 0 Å². The molecule has 0 aliphatic heterocycles. The summed E-state index contributed by atoms with van der Waals surface area (Å²) in [6.07, 6.45) is 2.20. The second-order valence-electron chi connectivity index (χ2n) is 4.34. The van der Waals surface area contributed by atoms with E-state index >= 15 is 0 Å². The topological polar surface area (TPSA) is 79.0 Å². The van der Waals surface area contributed by atoms with Crippen LogP contribution in [0, 0.1) is 11.8 Å². The van der Waals surface area contributed by atoms with E-state index in [1.165, 1.54) is 0 Å². The van der Waals surface area contributed by atoms with E-state index in [-0.39, 0.29) is 9.92 Å². The molecule has 1 aliphatic carbocycles. The van der Waals surface area contributed by atoms with Gasteiger partial charge in [0.05, 0.1) is 4.90 Å². The summed E-state index contributed by atoms with van der Waals surface area (Å²) in [4.78, 5) is 13.3. The van der Waals surface area contributed by atoms with Gasteiger partial charge in [-0.25, -0.2) is 13.1 Å². The molecule has 5 nitrogen and oxygen atoms in total. The van der Waals surface area contributed by atoms with Crippen LogP contribution in [-0.2, 0) is 10.0 Å². The van der Waals surface area contributed by atoms with E-state index in [0.717, 1.165) is 18.7 Å². The van der Waals surface area contributed by atoms with Gasteiger partial charge < -0.3 is 4.98 Å². The quantitative estimate of drug-likeness (QED) is 0.860. The van der Waals surface area contributed by atoms with Gasteiger partial charge in [-0.2, -0.15) is 0 Å². The lowest BCUT2D eigenvalue weighted by molar-refractivity contribution is 0.574. The van der Waals surface area contributed by atoms with Crippen molar-refractivity contribution in [2.24, 2.45) is 11.8 Å². The van der Waals surface area contributed by atoms with Gasteiger partial charge >= 0.3 is 0 Å². The third kappa shape index (κ3) is 2.88. The highest BCUT2D eigenvalue weighted by molar-refractivity contribution is 7.89. The van der Waals surface area contributed by atoms with Crippen LogP contribution in [0.2, 0.25) is 5.02 Å². The smallest absolute Gasteiger partial charge is 0.266 e. The van der Waals surface area contributed by atoms with Crippen molar-refractivity contribution in [1.29, 1.82) is 0 Å². The molecular weight excluding hydrogens is 264 g/mol. The molecule has 0 radical (unpaired) electrons. The van der Waals surface area contributed by atoms with E-state index in [4.69, 9.17) is 11.6 Å². The maximum absolute atomic E-state index is 11.8. The molecule has 2 atom stereocenters. The molecule has 2 N–H and O–H groups in total. The number of nitrogens with one attached hydrogen (secondary N) is 2. The second-order valence-corrected chi connectivity index (χ2v) is 6.51.